The number of hydrogen-bond donors (Lipinski definition) is 3. The molecule has 4 heteroatoms. The van der Waals surface area contributed by atoms with Crippen LogP contribution in [-0.2, 0) is 4.79 Å². The van der Waals surface area contributed by atoms with E-state index < -0.39 is 12.1 Å². The number of nitrogens with one attached hydrogen (secondary N) is 1. The second kappa shape index (κ2) is 59.9. The summed E-state index contributed by atoms with van der Waals surface area (Å²) in [5.41, 5.74) is 0. The summed E-state index contributed by atoms with van der Waals surface area (Å²) in [6.45, 7) is 4.35. The number of unbranched alkanes of at least 4 members (excludes halogenated alkanes) is 47. The summed E-state index contributed by atoms with van der Waals surface area (Å²) in [6, 6.07) is -0.623. The zero-order chi connectivity index (χ0) is 49.2. The second-order valence-electron chi connectivity index (χ2n) is 21.5. The van der Waals surface area contributed by atoms with Crippen LogP contribution in [0.2, 0.25) is 0 Å². The molecule has 0 rings (SSSR count). The molecule has 0 aromatic rings. The molecule has 68 heavy (non-hydrogen) atoms. The van der Waals surface area contributed by atoms with Gasteiger partial charge in [-0.1, -0.05) is 326 Å². The van der Waals surface area contributed by atoms with Crippen molar-refractivity contribution in [2.45, 2.75) is 360 Å². The van der Waals surface area contributed by atoms with Gasteiger partial charge in [0.15, 0.2) is 0 Å². The third kappa shape index (κ3) is 55.5. The minimum absolute atomic E-state index is 0.0586. The van der Waals surface area contributed by atoms with Crippen molar-refractivity contribution in [1.29, 1.82) is 0 Å². The van der Waals surface area contributed by atoms with Crippen molar-refractivity contribution < 1.29 is 15.0 Å². The molecule has 4 nitrogen and oxygen atoms in total. The molecule has 0 saturated heterocycles. The average Bonchev–Trinajstić information content (AvgIpc) is 3.34. The van der Waals surface area contributed by atoms with Crippen LogP contribution in [0.3, 0.4) is 0 Å². The smallest absolute Gasteiger partial charge is 0.220 e. The van der Waals surface area contributed by atoms with Gasteiger partial charge in [0.05, 0.1) is 18.8 Å². The van der Waals surface area contributed by atoms with Crippen molar-refractivity contribution in [2.75, 3.05) is 6.61 Å². The van der Waals surface area contributed by atoms with Crippen molar-refractivity contribution in [2.24, 2.45) is 0 Å². The van der Waals surface area contributed by atoms with Gasteiger partial charge in [-0.25, -0.2) is 0 Å². The minimum Gasteiger partial charge on any atom is -0.394 e. The van der Waals surface area contributed by atoms with E-state index >= 15 is 0 Å². The number of aliphatic hydroxyl groups excluding tert-OH is 2. The Morgan fingerprint density at radius 1 is 0.353 bits per heavy atom. The van der Waals surface area contributed by atoms with E-state index in [2.05, 4.69) is 43.5 Å². The molecular weight excluding hydrogens is 831 g/mol. The van der Waals surface area contributed by atoms with Crippen LogP contribution < -0.4 is 5.32 Å². The standard InChI is InChI=1S/C64H123NO3/c1-3-5-7-9-11-13-15-17-19-21-23-25-27-29-30-31-32-33-34-36-38-40-42-44-46-48-50-52-54-56-58-60-64(68)65-62(61-66)63(67)59-57-55-53-51-49-47-45-43-41-39-37-35-28-26-24-22-20-18-16-14-12-10-8-6-4-2/h23,25,29-30,57,59,62-63,66-67H,3-22,24,26-28,31-56,58,60-61H2,1-2H3,(H,65,68)/b25-23-,30-29-,59-57+. The fourth-order valence-corrected chi connectivity index (χ4v) is 9.86. The molecule has 1 amide bonds. The lowest BCUT2D eigenvalue weighted by molar-refractivity contribution is -0.123. The molecule has 402 valence electrons. The normalized spacial score (nSPS) is 12.9. The largest absolute Gasteiger partial charge is 0.394 e. The first-order valence-corrected chi connectivity index (χ1v) is 31.2. The zero-order valence-corrected chi connectivity index (χ0v) is 46.4. The predicted octanol–water partition coefficient (Wildman–Crippen LogP) is 20.8. The van der Waals surface area contributed by atoms with Gasteiger partial charge in [-0.05, 0) is 51.4 Å². The lowest BCUT2D eigenvalue weighted by Gasteiger charge is -2.20. The van der Waals surface area contributed by atoms with E-state index in [1.807, 2.05) is 6.08 Å². The van der Waals surface area contributed by atoms with Crippen LogP contribution >= 0.6 is 0 Å². The lowest BCUT2D eigenvalue weighted by Crippen LogP contribution is -2.45. The summed E-state index contributed by atoms with van der Waals surface area (Å²) in [5, 5.41) is 23.2. The van der Waals surface area contributed by atoms with Gasteiger partial charge in [0, 0.05) is 6.42 Å². The van der Waals surface area contributed by atoms with Gasteiger partial charge in [-0.2, -0.15) is 0 Å². The number of hydrogen-bond acceptors (Lipinski definition) is 3. The maximum atomic E-state index is 12.5. The number of carbonyl (C=O) groups excluding carboxylic acids is 1. The summed E-state index contributed by atoms with van der Waals surface area (Å²) in [6.07, 6.45) is 81.9. The quantitative estimate of drug-likeness (QED) is 0.0420. The molecule has 0 bridgehead atoms. The topological polar surface area (TPSA) is 69.6 Å². The van der Waals surface area contributed by atoms with E-state index in [1.165, 1.54) is 295 Å². The third-order valence-electron chi connectivity index (χ3n) is 14.6. The zero-order valence-electron chi connectivity index (χ0n) is 46.4. The first kappa shape index (κ1) is 66.6. The molecule has 0 radical (unpaired) electrons. The summed E-state index contributed by atoms with van der Waals surface area (Å²) < 4.78 is 0. The summed E-state index contributed by atoms with van der Waals surface area (Å²) in [4.78, 5) is 12.5. The van der Waals surface area contributed by atoms with Gasteiger partial charge >= 0.3 is 0 Å². The van der Waals surface area contributed by atoms with Gasteiger partial charge < -0.3 is 15.5 Å². The second-order valence-corrected chi connectivity index (χ2v) is 21.5. The summed E-state index contributed by atoms with van der Waals surface area (Å²) >= 11 is 0. The third-order valence-corrected chi connectivity index (χ3v) is 14.6. The van der Waals surface area contributed by atoms with Gasteiger partial charge in [0.25, 0.3) is 0 Å². The molecule has 2 unspecified atom stereocenters. The highest BCUT2D eigenvalue weighted by Crippen LogP contribution is 2.18. The fraction of sp³-hybridized carbons (Fsp3) is 0.891. The maximum absolute atomic E-state index is 12.5. The van der Waals surface area contributed by atoms with E-state index in [4.69, 9.17) is 0 Å². The van der Waals surface area contributed by atoms with E-state index in [-0.39, 0.29) is 12.5 Å². The highest BCUT2D eigenvalue weighted by molar-refractivity contribution is 5.76. The molecule has 2 atom stereocenters. The first-order chi connectivity index (χ1) is 33.7. The van der Waals surface area contributed by atoms with Gasteiger partial charge in [0.2, 0.25) is 5.91 Å². The highest BCUT2D eigenvalue weighted by atomic mass is 16.3. The Hall–Kier alpha value is -1.39. The van der Waals surface area contributed by atoms with Crippen LogP contribution in [0.5, 0.6) is 0 Å². The molecule has 0 aliphatic carbocycles. The summed E-state index contributed by atoms with van der Waals surface area (Å²) in [5.74, 6) is -0.0586. The van der Waals surface area contributed by atoms with Gasteiger partial charge in [0.1, 0.15) is 0 Å². The monoisotopic (exact) mass is 954 g/mol. The lowest BCUT2D eigenvalue weighted by atomic mass is 10.0. The molecule has 0 spiro atoms. The van der Waals surface area contributed by atoms with Gasteiger partial charge in [-0.3, -0.25) is 4.79 Å². The van der Waals surface area contributed by atoms with E-state index in [9.17, 15) is 15.0 Å². The maximum Gasteiger partial charge on any atom is 0.220 e. The Labute approximate surface area is 427 Å². The molecule has 0 aromatic heterocycles. The molecule has 3 N–H and O–H groups in total. The Morgan fingerprint density at radius 2 is 0.603 bits per heavy atom. The molecule has 0 fully saturated rings. The molecule has 0 heterocycles. The highest BCUT2D eigenvalue weighted by Gasteiger charge is 2.18. The van der Waals surface area contributed by atoms with Crippen LogP contribution in [0.25, 0.3) is 0 Å². The van der Waals surface area contributed by atoms with Crippen molar-refractivity contribution in [3.05, 3.63) is 36.5 Å². The number of aliphatic hydroxyl groups is 2. The Balaban J connectivity index is 3.46. The molecular formula is C64H123NO3. The molecule has 0 aliphatic heterocycles. The van der Waals surface area contributed by atoms with Crippen LogP contribution in [-0.4, -0.2) is 34.9 Å². The van der Waals surface area contributed by atoms with Crippen molar-refractivity contribution >= 4 is 5.91 Å². The van der Waals surface area contributed by atoms with Crippen LogP contribution in [0.4, 0.5) is 0 Å². The van der Waals surface area contributed by atoms with Crippen LogP contribution in [0, 0.1) is 0 Å². The SMILES string of the molecule is CCCCCCCCCCC/C=C\C/C=C\CCCCCCCCCCCCCCCCCC(=O)NC(CO)C(O)/C=C/CCCCCCCCCCCCCCCCCCCCCCCCC. The Morgan fingerprint density at radius 3 is 0.882 bits per heavy atom. The minimum atomic E-state index is -0.840. The Kier molecular flexibility index (Phi) is 58.7. The van der Waals surface area contributed by atoms with Crippen molar-refractivity contribution in [1.82, 2.24) is 5.32 Å². The fourth-order valence-electron chi connectivity index (χ4n) is 9.86. The average molecular weight is 955 g/mol. The molecule has 0 aromatic carbocycles. The summed E-state index contributed by atoms with van der Waals surface area (Å²) in [7, 11) is 0. The van der Waals surface area contributed by atoms with E-state index in [0.717, 1.165) is 32.1 Å². The number of allylic oxidation sites excluding steroid dienone is 5. The van der Waals surface area contributed by atoms with E-state index in [0.29, 0.717) is 6.42 Å². The predicted molar refractivity (Wildman–Crippen MR) is 304 cm³/mol. The number of amides is 1. The molecule has 0 aliphatic rings. The van der Waals surface area contributed by atoms with Crippen molar-refractivity contribution in [3.63, 3.8) is 0 Å². The Bertz CT molecular complexity index is 1040. The molecule has 0 saturated carbocycles. The van der Waals surface area contributed by atoms with Crippen LogP contribution in [0.15, 0.2) is 36.5 Å². The van der Waals surface area contributed by atoms with Crippen LogP contribution in [0.1, 0.15) is 348 Å². The van der Waals surface area contributed by atoms with E-state index in [1.54, 1.807) is 6.08 Å². The first-order valence-electron chi connectivity index (χ1n) is 31.2. The number of rotatable bonds is 58. The van der Waals surface area contributed by atoms with Crippen molar-refractivity contribution in [3.8, 4) is 0 Å². The number of carbonyl (C=O) groups is 1. The van der Waals surface area contributed by atoms with Gasteiger partial charge in [-0.15, -0.1) is 0 Å².